The molecule has 1 heterocycles. The maximum atomic E-state index is 13.6. The number of carbonyl (C=O) groups is 2. The number of halogens is 5. The van der Waals surface area contributed by atoms with Crippen molar-refractivity contribution in [1.29, 1.82) is 0 Å². The second kappa shape index (κ2) is 7.25. The van der Waals surface area contributed by atoms with E-state index in [1.165, 1.54) is 5.32 Å². The largest absolute Gasteiger partial charge is 0.452 e. The number of nitrogens with one attached hydrogen (secondary N) is 1. The first kappa shape index (κ1) is 19.8. The molecule has 28 heavy (non-hydrogen) atoms. The minimum atomic E-state index is -2.34. The number of hydrogen-bond acceptors (Lipinski definition) is 3. The van der Waals surface area contributed by atoms with Crippen LogP contribution in [-0.4, -0.2) is 23.1 Å². The van der Waals surface area contributed by atoms with Crippen molar-refractivity contribution in [3.05, 3.63) is 52.1 Å². The predicted octanol–water partition coefficient (Wildman–Crippen LogP) is 3.93. The molecule has 0 atom stereocenters. The van der Waals surface area contributed by atoms with Gasteiger partial charge in [-0.1, -0.05) is 0 Å². The van der Waals surface area contributed by atoms with Gasteiger partial charge in [-0.05, 0) is 32.8 Å². The van der Waals surface area contributed by atoms with Crippen molar-refractivity contribution in [2.75, 3.05) is 11.9 Å². The van der Waals surface area contributed by atoms with E-state index in [-0.39, 0.29) is 5.56 Å². The van der Waals surface area contributed by atoms with Gasteiger partial charge in [0.15, 0.2) is 29.9 Å². The summed E-state index contributed by atoms with van der Waals surface area (Å²) in [6.45, 7) is 2.57. The molecular weight excluding hydrogens is 387 g/mol. The normalized spacial score (nSPS) is 13.5. The lowest BCUT2D eigenvalue weighted by Crippen LogP contribution is -2.23. The van der Waals surface area contributed by atoms with Gasteiger partial charge in [-0.2, -0.15) is 0 Å². The number of rotatable bonds is 5. The molecule has 1 N–H and O–H groups in total. The Hall–Kier alpha value is -2.91. The average molecular weight is 402 g/mol. The molecule has 3 rings (SSSR count). The average Bonchev–Trinajstić information content (AvgIpc) is 3.44. The predicted molar refractivity (Wildman–Crippen MR) is 87.3 cm³/mol. The van der Waals surface area contributed by atoms with Gasteiger partial charge in [0.2, 0.25) is 5.82 Å². The van der Waals surface area contributed by atoms with E-state index in [0.717, 1.165) is 18.5 Å². The second-order valence-corrected chi connectivity index (χ2v) is 6.46. The first-order valence-electron chi connectivity index (χ1n) is 8.30. The van der Waals surface area contributed by atoms with Gasteiger partial charge in [0.25, 0.3) is 5.91 Å². The standard InChI is InChI=1S/C18H15F5N2O3/c1-7-5-10(8(2)25(7)9-3-4-9)18(27)28-6-11(26)24-17-15(22)13(20)12(19)14(21)16(17)23/h5,9H,3-4,6H2,1-2H3,(H,24,26). The number of anilines is 1. The number of aromatic nitrogens is 1. The lowest BCUT2D eigenvalue weighted by Gasteiger charge is -2.10. The highest BCUT2D eigenvalue weighted by Crippen LogP contribution is 2.38. The van der Waals surface area contributed by atoms with Crippen molar-refractivity contribution in [3.8, 4) is 0 Å². The summed E-state index contributed by atoms with van der Waals surface area (Å²) in [6, 6.07) is 1.91. The van der Waals surface area contributed by atoms with Gasteiger partial charge < -0.3 is 14.6 Å². The van der Waals surface area contributed by atoms with Crippen LogP contribution in [0.4, 0.5) is 27.6 Å². The minimum absolute atomic E-state index is 0.230. The third kappa shape index (κ3) is 3.46. The minimum Gasteiger partial charge on any atom is -0.452 e. The molecule has 0 unspecified atom stereocenters. The van der Waals surface area contributed by atoms with E-state index in [9.17, 15) is 31.5 Å². The molecule has 5 nitrogen and oxygen atoms in total. The lowest BCUT2D eigenvalue weighted by atomic mass is 10.2. The molecule has 0 aliphatic heterocycles. The number of hydrogen-bond donors (Lipinski definition) is 1. The van der Waals surface area contributed by atoms with E-state index in [2.05, 4.69) is 0 Å². The van der Waals surface area contributed by atoms with Crippen molar-refractivity contribution in [1.82, 2.24) is 4.57 Å². The van der Waals surface area contributed by atoms with E-state index >= 15 is 0 Å². The van der Waals surface area contributed by atoms with Crippen molar-refractivity contribution in [2.24, 2.45) is 0 Å². The molecule has 10 heteroatoms. The van der Waals surface area contributed by atoms with Crippen molar-refractivity contribution in [3.63, 3.8) is 0 Å². The molecule has 1 fully saturated rings. The van der Waals surface area contributed by atoms with E-state index in [4.69, 9.17) is 4.74 Å². The van der Waals surface area contributed by atoms with Gasteiger partial charge in [0, 0.05) is 17.4 Å². The van der Waals surface area contributed by atoms with Crippen LogP contribution in [0, 0.1) is 42.9 Å². The summed E-state index contributed by atoms with van der Waals surface area (Å²) in [5.41, 5.74) is 0.223. The molecule has 1 aromatic carbocycles. The highest BCUT2D eigenvalue weighted by atomic mass is 19.2. The summed E-state index contributed by atoms with van der Waals surface area (Å²) in [6.07, 6.45) is 1.99. The Morgan fingerprint density at radius 1 is 1.04 bits per heavy atom. The van der Waals surface area contributed by atoms with Crippen LogP contribution in [0.15, 0.2) is 6.07 Å². The Morgan fingerprint density at radius 2 is 1.57 bits per heavy atom. The van der Waals surface area contributed by atoms with E-state index in [1.54, 1.807) is 13.0 Å². The van der Waals surface area contributed by atoms with Crippen LogP contribution in [0.3, 0.4) is 0 Å². The zero-order valence-electron chi connectivity index (χ0n) is 14.8. The molecule has 1 aliphatic rings. The fraction of sp³-hybridized carbons (Fsp3) is 0.333. The second-order valence-electron chi connectivity index (χ2n) is 6.46. The Balaban J connectivity index is 1.69. The molecular formula is C18H15F5N2O3. The Bertz CT molecular complexity index is 953. The van der Waals surface area contributed by atoms with Crippen LogP contribution in [0.1, 0.15) is 40.6 Å². The molecule has 2 aromatic rings. The summed E-state index contributed by atoms with van der Waals surface area (Å²) in [5, 5.41) is 1.54. The number of nitrogens with zero attached hydrogens (tertiary/aromatic N) is 1. The number of benzene rings is 1. The van der Waals surface area contributed by atoms with Gasteiger partial charge in [-0.3, -0.25) is 4.79 Å². The smallest absolute Gasteiger partial charge is 0.340 e. The van der Waals surface area contributed by atoms with Gasteiger partial charge in [0.1, 0.15) is 5.69 Å². The lowest BCUT2D eigenvalue weighted by molar-refractivity contribution is -0.119. The number of aryl methyl sites for hydroxylation is 1. The monoisotopic (exact) mass is 402 g/mol. The molecule has 1 amide bonds. The molecule has 1 saturated carbocycles. The van der Waals surface area contributed by atoms with Crippen LogP contribution in [-0.2, 0) is 9.53 Å². The number of amides is 1. The Morgan fingerprint density at radius 3 is 2.11 bits per heavy atom. The van der Waals surface area contributed by atoms with Crippen molar-refractivity contribution >= 4 is 17.6 Å². The fourth-order valence-electron chi connectivity index (χ4n) is 2.98. The van der Waals surface area contributed by atoms with Crippen LogP contribution in [0.5, 0.6) is 0 Å². The van der Waals surface area contributed by atoms with Crippen molar-refractivity contribution < 1.29 is 36.3 Å². The van der Waals surface area contributed by atoms with Gasteiger partial charge in [-0.25, -0.2) is 26.7 Å². The Kier molecular flexibility index (Phi) is 5.14. The van der Waals surface area contributed by atoms with Gasteiger partial charge in [0.05, 0.1) is 5.56 Å². The summed E-state index contributed by atoms with van der Waals surface area (Å²) >= 11 is 0. The molecule has 0 bridgehead atoms. The molecule has 1 aromatic heterocycles. The first-order chi connectivity index (χ1) is 13.1. The van der Waals surface area contributed by atoms with Crippen LogP contribution in [0.25, 0.3) is 0 Å². The maximum absolute atomic E-state index is 13.6. The third-order valence-corrected chi connectivity index (χ3v) is 4.42. The zero-order chi connectivity index (χ0) is 20.7. The molecule has 0 saturated heterocycles. The van der Waals surface area contributed by atoms with E-state index in [1.807, 2.05) is 11.5 Å². The fourth-order valence-corrected chi connectivity index (χ4v) is 2.98. The van der Waals surface area contributed by atoms with Crippen LogP contribution in [0.2, 0.25) is 0 Å². The summed E-state index contributed by atoms with van der Waals surface area (Å²) < 4.78 is 73.2. The number of ether oxygens (including phenoxy) is 1. The Labute approximate surface area is 156 Å². The zero-order valence-corrected chi connectivity index (χ0v) is 14.8. The maximum Gasteiger partial charge on any atom is 0.340 e. The summed E-state index contributed by atoms with van der Waals surface area (Å²) in [5.74, 6) is -13.2. The third-order valence-electron chi connectivity index (χ3n) is 4.42. The molecule has 0 radical (unpaired) electrons. The summed E-state index contributed by atoms with van der Waals surface area (Å²) in [7, 11) is 0. The van der Waals surface area contributed by atoms with E-state index in [0.29, 0.717) is 11.7 Å². The number of esters is 1. The molecule has 1 aliphatic carbocycles. The number of carbonyl (C=O) groups excluding carboxylic acids is 2. The van der Waals surface area contributed by atoms with Crippen molar-refractivity contribution in [2.45, 2.75) is 32.7 Å². The molecule has 0 spiro atoms. The topological polar surface area (TPSA) is 60.3 Å². The quantitative estimate of drug-likeness (QED) is 0.357. The highest BCUT2D eigenvalue weighted by molar-refractivity contribution is 5.96. The van der Waals surface area contributed by atoms with Gasteiger partial charge >= 0.3 is 5.97 Å². The first-order valence-corrected chi connectivity index (χ1v) is 8.30. The van der Waals surface area contributed by atoms with E-state index < -0.39 is 53.3 Å². The molecule has 150 valence electrons. The van der Waals surface area contributed by atoms with Gasteiger partial charge in [-0.15, -0.1) is 0 Å². The summed E-state index contributed by atoms with van der Waals surface area (Å²) in [4.78, 5) is 24.0. The highest BCUT2D eigenvalue weighted by Gasteiger charge is 2.29. The van der Waals surface area contributed by atoms with Crippen LogP contribution >= 0.6 is 0 Å². The SMILES string of the molecule is Cc1cc(C(=O)OCC(=O)Nc2c(F)c(F)c(F)c(F)c2F)c(C)n1C1CC1. The van der Waals surface area contributed by atoms with Crippen LogP contribution < -0.4 is 5.32 Å².